The fourth-order valence-electron chi connectivity index (χ4n) is 1.67. The molecule has 1 atom stereocenters. The van der Waals surface area contributed by atoms with E-state index in [1.807, 2.05) is 19.3 Å². The van der Waals surface area contributed by atoms with E-state index in [0.717, 1.165) is 0 Å². The van der Waals surface area contributed by atoms with Crippen LogP contribution in [0.2, 0.25) is 0 Å². The first-order valence-electron chi connectivity index (χ1n) is 5.32. The van der Waals surface area contributed by atoms with E-state index in [1.54, 1.807) is 6.92 Å². The van der Waals surface area contributed by atoms with Gasteiger partial charge < -0.3 is 14.4 Å². The molecule has 0 saturated carbocycles. The highest BCUT2D eigenvalue weighted by molar-refractivity contribution is 5.12. The predicted octanol–water partition coefficient (Wildman–Crippen LogP) is 1.51. The predicted molar refractivity (Wildman–Crippen MR) is 60.0 cm³/mol. The number of nitrogens with one attached hydrogen (secondary N) is 1. The highest BCUT2D eigenvalue weighted by Gasteiger charge is 2.10. The van der Waals surface area contributed by atoms with Crippen molar-refractivity contribution in [3.63, 3.8) is 0 Å². The number of aryl methyl sites for hydroxylation is 1. The van der Waals surface area contributed by atoms with Crippen LogP contribution < -0.4 is 5.32 Å². The molecule has 16 heavy (non-hydrogen) atoms. The second-order valence-electron chi connectivity index (χ2n) is 3.80. The van der Waals surface area contributed by atoms with Crippen molar-refractivity contribution < 1.29 is 4.52 Å². The Kier molecular flexibility index (Phi) is 3.05. The van der Waals surface area contributed by atoms with Gasteiger partial charge in [0, 0.05) is 24.9 Å². The van der Waals surface area contributed by atoms with Gasteiger partial charge in [0.25, 0.3) is 0 Å². The summed E-state index contributed by atoms with van der Waals surface area (Å²) in [6.07, 6.45) is 2.02. The molecule has 5 nitrogen and oxygen atoms in total. The lowest BCUT2D eigenvalue weighted by Crippen LogP contribution is -2.17. The van der Waals surface area contributed by atoms with Gasteiger partial charge in [-0.3, -0.25) is 0 Å². The van der Waals surface area contributed by atoms with Gasteiger partial charge in [-0.1, -0.05) is 5.16 Å². The van der Waals surface area contributed by atoms with Gasteiger partial charge in [-0.15, -0.1) is 0 Å². The summed E-state index contributed by atoms with van der Waals surface area (Å²) in [6, 6.07) is 4.42. The molecule has 2 aromatic heterocycles. The molecule has 0 aliphatic heterocycles. The smallest absolute Gasteiger partial charge is 0.223 e. The summed E-state index contributed by atoms with van der Waals surface area (Å²) in [4.78, 5) is 4.19. The lowest BCUT2D eigenvalue weighted by Gasteiger charge is -2.13. The molecule has 0 radical (unpaired) electrons. The Balaban J connectivity index is 2.18. The molecule has 1 N–H and O–H groups in total. The second-order valence-corrected chi connectivity index (χ2v) is 3.80. The Morgan fingerprint density at radius 2 is 2.38 bits per heavy atom. The summed E-state index contributed by atoms with van der Waals surface area (Å²) < 4.78 is 7.07. The van der Waals surface area contributed by atoms with Crippen LogP contribution in [0.1, 0.15) is 30.4 Å². The fraction of sp³-hybridized carbons (Fsp3) is 0.455. The van der Waals surface area contributed by atoms with Gasteiger partial charge in [-0.2, -0.15) is 4.98 Å². The SMILES string of the molecule is CNC(C)c1cccn1Cc1noc(C)n1. The molecule has 5 heteroatoms. The lowest BCUT2D eigenvalue weighted by atomic mass is 10.2. The first-order chi connectivity index (χ1) is 7.70. The normalized spacial score (nSPS) is 12.9. The van der Waals surface area contributed by atoms with E-state index in [2.05, 4.69) is 33.0 Å². The number of nitrogens with zero attached hydrogens (tertiary/aromatic N) is 3. The Morgan fingerprint density at radius 1 is 1.56 bits per heavy atom. The molecule has 0 fully saturated rings. The van der Waals surface area contributed by atoms with E-state index in [4.69, 9.17) is 4.52 Å². The molecular formula is C11H16N4O. The maximum absolute atomic E-state index is 4.95. The van der Waals surface area contributed by atoms with Gasteiger partial charge in [0.1, 0.15) is 0 Å². The van der Waals surface area contributed by atoms with Crippen LogP contribution in [0.4, 0.5) is 0 Å². The Bertz CT molecular complexity index is 460. The molecule has 0 aliphatic rings. The third kappa shape index (κ3) is 2.14. The van der Waals surface area contributed by atoms with E-state index in [-0.39, 0.29) is 0 Å². The van der Waals surface area contributed by atoms with Crippen LogP contribution in [-0.4, -0.2) is 21.8 Å². The maximum atomic E-state index is 4.95. The molecule has 0 amide bonds. The van der Waals surface area contributed by atoms with Crippen molar-refractivity contribution in [2.24, 2.45) is 0 Å². The number of aromatic nitrogens is 3. The number of hydrogen-bond donors (Lipinski definition) is 1. The maximum Gasteiger partial charge on any atom is 0.223 e. The van der Waals surface area contributed by atoms with Crippen molar-refractivity contribution in [1.29, 1.82) is 0 Å². The summed E-state index contributed by atoms with van der Waals surface area (Å²) in [7, 11) is 1.94. The Labute approximate surface area is 94.5 Å². The topological polar surface area (TPSA) is 55.9 Å². The van der Waals surface area contributed by atoms with Crippen molar-refractivity contribution in [2.45, 2.75) is 26.4 Å². The Morgan fingerprint density at radius 3 is 3.00 bits per heavy atom. The number of hydrogen-bond acceptors (Lipinski definition) is 4. The average molecular weight is 220 g/mol. The van der Waals surface area contributed by atoms with Crippen molar-refractivity contribution in [3.05, 3.63) is 35.7 Å². The zero-order chi connectivity index (χ0) is 11.5. The minimum atomic E-state index is 0.308. The fourth-order valence-corrected chi connectivity index (χ4v) is 1.67. The second kappa shape index (κ2) is 4.49. The highest BCUT2D eigenvalue weighted by Crippen LogP contribution is 2.13. The molecule has 1 unspecified atom stereocenters. The highest BCUT2D eigenvalue weighted by atomic mass is 16.5. The molecule has 0 aromatic carbocycles. The van der Waals surface area contributed by atoms with Gasteiger partial charge in [0.05, 0.1) is 6.54 Å². The molecule has 0 spiro atoms. The summed E-state index contributed by atoms with van der Waals surface area (Å²) in [5, 5.41) is 7.10. The van der Waals surface area contributed by atoms with Gasteiger partial charge in [-0.25, -0.2) is 0 Å². The van der Waals surface area contributed by atoms with Crippen LogP contribution in [0, 0.1) is 6.92 Å². The molecule has 0 bridgehead atoms. The third-order valence-corrected chi connectivity index (χ3v) is 2.62. The molecule has 2 heterocycles. The third-order valence-electron chi connectivity index (χ3n) is 2.62. The van der Waals surface area contributed by atoms with E-state index < -0.39 is 0 Å². The van der Waals surface area contributed by atoms with Crippen LogP contribution in [0.5, 0.6) is 0 Å². The van der Waals surface area contributed by atoms with E-state index in [0.29, 0.717) is 24.3 Å². The average Bonchev–Trinajstić information content (AvgIpc) is 2.87. The molecule has 2 aromatic rings. The molecular weight excluding hydrogens is 204 g/mol. The molecule has 86 valence electrons. The number of rotatable bonds is 4. The van der Waals surface area contributed by atoms with E-state index in [1.165, 1.54) is 5.69 Å². The van der Waals surface area contributed by atoms with Crippen molar-refractivity contribution in [1.82, 2.24) is 20.0 Å². The van der Waals surface area contributed by atoms with Crippen LogP contribution in [-0.2, 0) is 6.54 Å². The standard InChI is InChI=1S/C11H16N4O/c1-8(12-3)10-5-4-6-15(10)7-11-13-9(2)16-14-11/h4-6,8,12H,7H2,1-3H3. The summed E-state index contributed by atoms with van der Waals surface area (Å²) in [6.45, 7) is 4.56. The summed E-state index contributed by atoms with van der Waals surface area (Å²) >= 11 is 0. The van der Waals surface area contributed by atoms with Crippen LogP contribution in [0.15, 0.2) is 22.9 Å². The summed E-state index contributed by atoms with van der Waals surface area (Å²) in [5.41, 5.74) is 1.21. The quantitative estimate of drug-likeness (QED) is 0.848. The lowest BCUT2D eigenvalue weighted by molar-refractivity contribution is 0.385. The zero-order valence-electron chi connectivity index (χ0n) is 9.77. The minimum Gasteiger partial charge on any atom is -0.342 e. The van der Waals surface area contributed by atoms with Crippen molar-refractivity contribution >= 4 is 0 Å². The summed E-state index contributed by atoms with van der Waals surface area (Å²) in [5.74, 6) is 1.31. The Hall–Kier alpha value is -1.62. The van der Waals surface area contributed by atoms with Gasteiger partial charge >= 0.3 is 0 Å². The molecule has 0 saturated heterocycles. The monoisotopic (exact) mass is 220 g/mol. The van der Waals surface area contributed by atoms with Crippen molar-refractivity contribution in [3.8, 4) is 0 Å². The van der Waals surface area contributed by atoms with Crippen molar-refractivity contribution in [2.75, 3.05) is 7.05 Å². The molecule has 2 rings (SSSR count). The van der Waals surface area contributed by atoms with Gasteiger partial charge in [0.15, 0.2) is 5.82 Å². The first-order valence-corrected chi connectivity index (χ1v) is 5.32. The van der Waals surface area contributed by atoms with E-state index >= 15 is 0 Å². The van der Waals surface area contributed by atoms with Crippen LogP contribution >= 0.6 is 0 Å². The molecule has 0 aliphatic carbocycles. The van der Waals surface area contributed by atoms with E-state index in [9.17, 15) is 0 Å². The zero-order valence-corrected chi connectivity index (χ0v) is 9.77. The van der Waals surface area contributed by atoms with Gasteiger partial charge in [-0.05, 0) is 26.1 Å². The van der Waals surface area contributed by atoms with Crippen LogP contribution in [0.25, 0.3) is 0 Å². The minimum absolute atomic E-state index is 0.308. The van der Waals surface area contributed by atoms with Gasteiger partial charge in [0.2, 0.25) is 5.89 Å². The largest absolute Gasteiger partial charge is 0.342 e. The first kappa shape index (κ1) is 10.9. The van der Waals surface area contributed by atoms with Crippen LogP contribution in [0.3, 0.4) is 0 Å².